The van der Waals surface area contributed by atoms with E-state index in [1.165, 1.54) is 36.7 Å². The first-order valence-electron chi connectivity index (χ1n) is 11.1. The lowest BCUT2D eigenvalue weighted by Crippen LogP contribution is -2.29. The van der Waals surface area contributed by atoms with Gasteiger partial charge >= 0.3 is 0 Å². The van der Waals surface area contributed by atoms with E-state index in [0.717, 1.165) is 24.3 Å². The van der Waals surface area contributed by atoms with E-state index in [1.807, 2.05) is 25.1 Å². The van der Waals surface area contributed by atoms with Gasteiger partial charge in [0, 0.05) is 25.3 Å². The first-order chi connectivity index (χ1) is 16.0. The Morgan fingerprint density at radius 3 is 2.45 bits per heavy atom. The summed E-state index contributed by atoms with van der Waals surface area (Å²) in [5, 5.41) is 1.10. The number of methoxy groups -OCH3 is 2. The minimum atomic E-state index is -0.0721. The minimum absolute atomic E-state index is 0.0721. The molecule has 33 heavy (non-hydrogen) atoms. The van der Waals surface area contributed by atoms with E-state index >= 15 is 0 Å². The van der Waals surface area contributed by atoms with Crippen LogP contribution in [0.1, 0.15) is 31.7 Å². The van der Waals surface area contributed by atoms with E-state index < -0.39 is 0 Å². The number of thioether (sulfide) groups is 1. The van der Waals surface area contributed by atoms with Crippen LogP contribution < -0.4 is 14.4 Å². The van der Waals surface area contributed by atoms with Crippen LogP contribution in [0.2, 0.25) is 5.02 Å². The van der Waals surface area contributed by atoms with Crippen LogP contribution in [0, 0.1) is 0 Å². The standard InChI is InChI=1S/C25H28ClN3O3S/c1-4-29-24(30)22(16-17-14-20(26)23(32-3)21(15-17)31-2)33-25(29)27-18-8-10-19(11-9-18)28-12-6-5-7-13-28/h8-11,14-16H,4-7,12-13H2,1-3H3/b22-16-,27-25?. The van der Waals surface area contributed by atoms with E-state index in [9.17, 15) is 4.79 Å². The zero-order valence-electron chi connectivity index (χ0n) is 19.1. The molecule has 1 amide bonds. The van der Waals surface area contributed by atoms with Crippen molar-refractivity contribution in [1.82, 2.24) is 4.90 Å². The van der Waals surface area contributed by atoms with E-state index in [-0.39, 0.29) is 5.91 Å². The molecule has 0 aliphatic carbocycles. The van der Waals surface area contributed by atoms with E-state index in [4.69, 9.17) is 26.1 Å². The van der Waals surface area contributed by atoms with Crippen LogP contribution in [0.5, 0.6) is 11.5 Å². The summed E-state index contributed by atoms with van der Waals surface area (Å²) >= 11 is 7.70. The van der Waals surface area contributed by atoms with Crippen LogP contribution in [-0.2, 0) is 4.79 Å². The highest BCUT2D eigenvalue weighted by Crippen LogP contribution is 2.39. The van der Waals surface area contributed by atoms with E-state index in [1.54, 1.807) is 31.3 Å². The largest absolute Gasteiger partial charge is 0.493 e. The molecule has 2 saturated heterocycles. The maximum atomic E-state index is 13.0. The highest BCUT2D eigenvalue weighted by Gasteiger charge is 2.32. The summed E-state index contributed by atoms with van der Waals surface area (Å²) in [6.45, 7) is 4.70. The van der Waals surface area contributed by atoms with Crippen molar-refractivity contribution in [2.75, 3.05) is 38.8 Å². The smallest absolute Gasteiger partial charge is 0.266 e. The molecule has 0 saturated carbocycles. The molecule has 2 aliphatic rings. The summed E-state index contributed by atoms with van der Waals surface area (Å²) in [7, 11) is 3.10. The Morgan fingerprint density at radius 1 is 1.09 bits per heavy atom. The molecule has 2 aliphatic heterocycles. The number of amides is 1. The molecule has 8 heteroatoms. The fourth-order valence-electron chi connectivity index (χ4n) is 4.04. The second-order valence-corrected chi connectivity index (χ2v) is 9.27. The van der Waals surface area contributed by atoms with Crippen molar-refractivity contribution in [2.24, 2.45) is 4.99 Å². The van der Waals surface area contributed by atoms with Crippen LogP contribution in [0.3, 0.4) is 0 Å². The molecule has 2 aromatic carbocycles. The fraction of sp³-hybridized carbons (Fsp3) is 0.360. The number of nitrogens with zero attached hydrogens (tertiary/aromatic N) is 3. The first-order valence-corrected chi connectivity index (χ1v) is 12.3. The van der Waals surface area contributed by atoms with Gasteiger partial charge in [0.15, 0.2) is 16.7 Å². The molecule has 4 rings (SSSR count). The Labute approximate surface area is 204 Å². The molecule has 174 valence electrons. The summed E-state index contributed by atoms with van der Waals surface area (Å²) < 4.78 is 10.7. The number of carbonyl (C=O) groups excluding carboxylic acids is 1. The molecule has 0 bridgehead atoms. The molecule has 6 nitrogen and oxygen atoms in total. The zero-order valence-corrected chi connectivity index (χ0v) is 20.7. The number of carbonyl (C=O) groups is 1. The van der Waals surface area contributed by atoms with Gasteiger partial charge in [-0.15, -0.1) is 0 Å². The average molecular weight is 486 g/mol. The highest BCUT2D eigenvalue weighted by atomic mass is 35.5. The number of rotatable bonds is 6. The third kappa shape index (κ3) is 5.14. The minimum Gasteiger partial charge on any atom is -0.493 e. The maximum Gasteiger partial charge on any atom is 0.266 e. The lowest BCUT2D eigenvalue weighted by Gasteiger charge is -2.28. The number of anilines is 1. The topological polar surface area (TPSA) is 54.4 Å². The second kappa shape index (κ2) is 10.5. The zero-order chi connectivity index (χ0) is 23.4. The Bertz CT molecular complexity index is 1080. The van der Waals surface area contributed by atoms with Crippen LogP contribution in [0.4, 0.5) is 11.4 Å². The Hall–Kier alpha value is -2.64. The van der Waals surface area contributed by atoms with Crippen molar-refractivity contribution in [2.45, 2.75) is 26.2 Å². The number of amidine groups is 1. The summed E-state index contributed by atoms with van der Waals surface area (Å²) in [6.07, 6.45) is 5.61. The number of aliphatic imine (C=N–C) groups is 1. The normalized spacial score (nSPS) is 19.0. The quantitative estimate of drug-likeness (QED) is 0.472. The monoisotopic (exact) mass is 485 g/mol. The lowest BCUT2D eigenvalue weighted by atomic mass is 10.1. The maximum absolute atomic E-state index is 13.0. The first kappa shape index (κ1) is 23.5. The molecule has 0 spiro atoms. The fourth-order valence-corrected chi connectivity index (χ4v) is 5.40. The van der Waals surface area contributed by atoms with Gasteiger partial charge in [-0.05, 0) is 86.0 Å². The Kier molecular flexibility index (Phi) is 7.50. The SMILES string of the molecule is CCN1C(=O)/C(=C/c2cc(Cl)c(OC)c(OC)c2)SC1=Nc1ccc(N2CCCCC2)cc1. The average Bonchev–Trinajstić information content (AvgIpc) is 3.13. The van der Waals surface area contributed by atoms with Crippen molar-refractivity contribution in [3.05, 3.63) is 51.9 Å². The number of ether oxygens (including phenoxy) is 2. The number of benzene rings is 2. The number of hydrogen-bond acceptors (Lipinski definition) is 6. The van der Waals surface area contributed by atoms with E-state index in [0.29, 0.717) is 33.1 Å². The molecule has 0 radical (unpaired) electrons. The van der Waals surface area contributed by atoms with E-state index in [2.05, 4.69) is 17.0 Å². The van der Waals surface area contributed by atoms with Gasteiger partial charge in [-0.3, -0.25) is 9.69 Å². The summed E-state index contributed by atoms with van der Waals surface area (Å²) in [5.41, 5.74) is 2.82. The second-order valence-electron chi connectivity index (χ2n) is 7.86. The molecule has 2 heterocycles. The van der Waals surface area contributed by atoms with Crippen molar-refractivity contribution in [1.29, 1.82) is 0 Å². The van der Waals surface area contributed by atoms with Gasteiger partial charge in [-0.1, -0.05) is 11.6 Å². The van der Waals surface area contributed by atoms with Crippen LogP contribution >= 0.6 is 23.4 Å². The van der Waals surface area contributed by atoms with Gasteiger partial charge < -0.3 is 14.4 Å². The highest BCUT2D eigenvalue weighted by molar-refractivity contribution is 8.18. The molecular formula is C25H28ClN3O3S. The molecule has 2 fully saturated rings. The number of halogens is 1. The molecule has 0 aromatic heterocycles. The third-order valence-corrected chi connectivity index (χ3v) is 7.04. The van der Waals surface area contributed by atoms with Gasteiger partial charge in [0.25, 0.3) is 5.91 Å². The van der Waals surface area contributed by atoms with Crippen molar-refractivity contribution < 1.29 is 14.3 Å². The number of piperidine rings is 1. The molecule has 0 N–H and O–H groups in total. The Morgan fingerprint density at radius 2 is 1.82 bits per heavy atom. The molecular weight excluding hydrogens is 458 g/mol. The Balaban J connectivity index is 1.58. The van der Waals surface area contributed by atoms with Crippen molar-refractivity contribution >= 4 is 51.9 Å². The van der Waals surface area contributed by atoms with Crippen LogP contribution in [-0.4, -0.2) is 49.8 Å². The predicted molar refractivity (Wildman–Crippen MR) is 137 cm³/mol. The third-order valence-electron chi connectivity index (χ3n) is 5.75. The summed E-state index contributed by atoms with van der Waals surface area (Å²) in [5.74, 6) is 0.913. The lowest BCUT2D eigenvalue weighted by molar-refractivity contribution is -0.122. The van der Waals surface area contributed by atoms with Crippen LogP contribution in [0.25, 0.3) is 6.08 Å². The van der Waals surface area contributed by atoms with Crippen molar-refractivity contribution in [3.63, 3.8) is 0 Å². The number of hydrogen-bond donors (Lipinski definition) is 0. The molecule has 0 atom stereocenters. The molecule has 2 aromatic rings. The summed E-state index contributed by atoms with van der Waals surface area (Å²) in [6, 6.07) is 11.8. The number of likely N-dealkylation sites (N-methyl/N-ethyl adjacent to an activating group) is 1. The predicted octanol–water partition coefficient (Wildman–Crippen LogP) is 5.97. The van der Waals surface area contributed by atoms with Crippen molar-refractivity contribution in [3.8, 4) is 11.5 Å². The van der Waals surface area contributed by atoms with Gasteiger partial charge in [-0.2, -0.15) is 0 Å². The van der Waals surface area contributed by atoms with Crippen LogP contribution in [0.15, 0.2) is 46.3 Å². The van der Waals surface area contributed by atoms with Gasteiger partial charge in [0.1, 0.15) is 0 Å². The summed E-state index contributed by atoms with van der Waals surface area (Å²) in [4.78, 5) is 22.5. The molecule has 0 unspecified atom stereocenters. The van der Waals surface area contributed by atoms with Gasteiger partial charge in [-0.25, -0.2) is 4.99 Å². The van der Waals surface area contributed by atoms with Gasteiger partial charge in [0.05, 0.1) is 29.8 Å². The van der Waals surface area contributed by atoms with Gasteiger partial charge in [0.2, 0.25) is 0 Å².